The summed E-state index contributed by atoms with van der Waals surface area (Å²) in [6.07, 6.45) is 4.17. The number of guanidine groups is 1. The normalized spacial score (nSPS) is 16.0. The minimum Gasteiger partial charge on any atom is -0.376 e. The first-order valence-electron chi connectivity index (χ1n) is 3.96. The van der Waals surface area contributed by atoms with Gasteiger partial charge in [0.2, 0.25) is 0 Å². The molecule has 1 rings (SSSR count). The molecule has 0 aromatic rings. The van der Waals surface area contributed by atoms with E-state index in [1.807, 2.05) is 0 Å². The molecule has 0 amide bonds. The molecule has 0 bridgehead atoms. The van der Waals surface area contributed by atoms with E-state index in [9.17, 15) is 0 Å². The lowest BCUT2D eigenvalue weighted by Crippen LogP contribution is -2.25. The third kappa shape index (κ3) is 4.76. The van der Waals surface area contributed by atoms with Gasteiger partial charge in [-0.1, -0.05) is 0 Å². The van der Waals surface area contributed by atoms with Crippen molar-refractivity contribution in [3.8, 4) is 0 Å². The average Bonchev–Trinajstić information content (AvgIpc) is 1.82. The van der Waals surface area contributed by atoms with E-state index in [-0.39, 0.29) is 29.9 Å². The van der Waals surface area contributed by atoms with Crippen LogP contribution in [-0.2, 0) is 4.74 Å². The Morgan fingerprint density at radius 3 is 2.50 bits per heavy atom. The fraction of sp³-hybridized carbons (Fsp3) is 0.857. The lowest BCUT2D eigenvalue weighted by molar-refractivity contribution is 0.00700. The number of halogens is 1. The first-order valence-corrected chi connectivity index (χ1v) is 3.96. The first-order chi connectivity index (χ1) is 5.29. The number of hydrogen-bond donors (Lipinski definition) is 2. The maximum absolute atomic E-state index is 5.41. The van der Waals surface area contributed by atoms with E-state index in [1.54, 1.807) is 0 Å². The summed E-state index contributed by atoms with van der Waals surface area (Å²) in [5.74, 6) is 0.141. The lowest BCUT2D eigenvalue weighted by Gasteiger charge is -2.24. The molecule has 1 fully saturated rings. The number of nitrogens with zero attached hydrogens (tertiary/aromatic N) is 1. The number of ether oxygens (including phenoxy) is 1. The second kappa shape index (κ2) is 6.47. The molecule has 0 heterocycles. The molecule has 72 valence electrons. The van der Waals surface area contributed by atoms with E-state index in [1.165, 1.54) is 19.3 Å². The van der Waals surface area contributed by atoms with Crippen molar-refractivity contribution in [2.24, 2.45) is 16.5 Å². The summed E-state index contributed by atoms with van der Waals surface area (Å²) in [4.78, 5) is 3.80. The molecular formula is C7H16IN3O. The predicted molar refractivity (Wildman–Crippen MR) is 59.7 cm³/mol. The fourth-order valence-electron chi connectivity index (χ4n) is 0.932. The zero-order chi connectivity index (χ0) is 8.10. The maximum atomic E-state index is 5.41. The zero-order valence-electron chi connectivity index (χ0n) is 7.03. The summed E-state index contributed by atoms with van der Waals surface area (Å²) in [5.41, 5.74) is 10.3. The van der Waals surface area contributed by atoms with Gasteiger partial charge in [0.05, 0.1) is 19.3 Å². The standard InChI is InChI=1S/C7H15N3O.HI/c8-7(9)10-4-5-11-6-2-1-3-6;/h6H,1-5H2,(H4,8,9,10);1H. The van der Waals surface area contributed by atoms with Crippen LogP contribution in [0.4, 0.5) is 0 Å². The molecular weight excluding hydrogens is 269 g/mol. The second-order valence-corrected chi connectivity index (χ2v) is 2.73. The maximum Gasteiger partial charge on any atom is 0.185 e. The molecule has 0 atom stereocenters. The van der Waals surface area contributed by atoms with E-state index in [2.05, 4.69) is 4.99 Å². The smallest absolute Gasteiger partial charge is 0.185 e. The first kappa shape index (κ1) is 12.0. The molecule has 0 radical (unpaired) electrons. The Balaban J connectivity index is 0.00000121. The third-order valence-electron chi connectivity index (χ3n) is 1.79. The van der Waals surface area contributed by atoms with Crippen LogP contribution in [0.15, 0.2) is 4.99 Å². The number of rotatable bonds is 4. The van der Waals surface area contributed by atoms with Gasteiger partial charge in [0, 0.05) is 0 Å². The molecule has 1 aliphatic carbocycles. The van der Waals surface area contributed by atoms with Crippen molar-refractivity contribution >= 4 is 29.9 Å². The molecule has 12 heavy (non-hydrogen) atoms. The predicted octanol–water partition coefficient (Wildman–Crippen LogP) is 0.447. The summed E-state index contributed by atoms with van der Waals surface area (Å²) < 4.78 is 5.41. The van der Waals surface area contributed by atoms with E-state index in [0.29, 0.717) is 19.3 Å². The molecule has 1 saturated carbocycles. The van der Waals surface area contributed by atoms with Crippen molar-refractivity contribution < 1.29 is 4.74 Å². The van der Waals surface area contributed by atoms with Crippen LogP contribution in [0, 0.1) is 0 Å². The monoisotopic (exact) mass is 285 g/mol. The lowest BCUT2D eigenvalue weighted by atomic mass is 9.96. The molecule has 0 aromatic heterocycles. The third-order valence-corrected chi connectivity index (χ3v) is 1.79. The van der Waals surface area contributed by atoms with Crippen LogP contribution in [0.2, 0.25) is 0 Å². The van der Waals surface area contributed by atoms with Gasteiger partial charge in [0.1, 0.15) is 0 Å². The van der Waals surface area contributed by atoms with Gasteiger partial charge in [-0.05, 0) is 19.3 Å². The molecule has 0 aliphatic heterocycles. The van der Waals surface area contributed by atoms with Gasteiger partial charge in [0.15, 0.2) is 5.96 Å². The molecule has 4 nitrogen and oxygen atoms in total. The SMILES string of the molecule is I.NC(N)=NCCOC1CCC1. The number of nitrogens with two attached hydrogens (primary N) is 2. The van der Waals surface area contributed by atoms with Crippen molar-refractivity contribution in [3.63, 3.8) is 0 Å². The Labute approximate surface area is 89.8 Å². The highest BCUT2D eigenvalue weighted by Gasteiger charge is 2.16. The van der Waals surface area contributed by atoms with Gasteiger partial charge in [-0.2, -0.15) is 0 Å². The second-order valence-electron chi connectivity index (χ2n) is 2.73. The Morgan fingerprint density at radius 1 is 1.42 bits per heavy atom. The van der Waals surface area contributed by atoms with E-state index in [4.69, 9.17) is 16.2 Å². The van der Waals surface area contributed by atoms with E-state index in [0.717, 1.165) is 0 Å². The molecule has 4 N–H and O–H groups in total. The van der Waals surface area contributed by atoms with Crippen molar-refractivity contribution in [3.05, 3.63) is 0 Å². The molecule has 5 heteroatoms. The minimum atomic E-state index is 0. The summed E-state index contributed by atoms with van der Waals surface area (Å²) in [6.45, 7) is 1.22. The van der Waals surface area contributed by atoms with Gasteiger partial charge >= 0.3 is 0 Å². The Bertz CT molecular complexity index is 144. The highest BCUT2D eigenvalue weighted by Crippen LogP contribution is 2.21. The van der Waals surface area contributed by atoms with Gasteiger partial charge in [0.25, 0.3) is 0 Å². The summed E-state index contributed by atoms with van der Waals surface area (Å²) in [5, 5.41) is 0. The van der Waals surface area contributed by atoms with Gasteiger partial charge in [-0.25, -0.2) is 0 Å². The van der Waals surface area contributed by atoms with Crippen LogP contribution < -0.4 is 11.5 Å². The topological polar surface area (TPSA) is 73.6 Å². The Hall–Kier alpha value is -0.0400. The highest BCUT2D eigenvalue weighted by atomic mass is 127. The van der Waals surface area contributed by atoms with E-state index < -0.39 is 0 Å². The van der Waals surface area contributed by atoms with Crippen LogP contribution in [0.1, 0.15) is 19.3 Å². The van der Waals surface area contributed by atoms with Gasteiger partial charge in [-0.3, -0.25) is 4.99 Å². The largest absolute Gasteiger partial charge is 0.376 e. The quantitative estimate of drug-likeness (QED) is 0.341. The van der Waals surface area contributed by atoms with Crippen molar-refractivity contribution in [1.29, 1.82) is 0 Å². The van der Waals surface area contributed by atoms with Crippen molar-refractivity contribution in [2.75, 3.05) is 13.2 Å². The van der Waals surface area contributed by atoms with Crippen LogP contribution in [-0.4, -0.2) is 25.2 Å². The van der Waals surface area contributed by atoms with E-state index >= 15 is 0 Å². The minimum absolute atomic E-state index is 0. The Kier molecular flexibility index (Phi) is 6.45. The molecule has 0 saturated heterocycles. The van der Waals surface area contributed by atoms with Gasteiger partial charge < -0.3 is 16.2 Å². The van der Waals surface area contributed by atoms with Crippen LogP contribution in [0.5, 0.6) is 0 Å². The number of aliphatic imine (C=N–C) groups is 1. The average molecular weight is 285 g/mol. The number of hydrogen-bond acceptors (Lipinski definition) is 2. The fourth-order valence-corrected chi connectivity index (χ4v) is 0.932. The van der Waals surface area contributed by atoms with Crippen LogP contribution >= 0.6 is 24.0 Å². The summed E-state index contributed by atoms with van der Waals surface area (Å²) in [6, 6.07) is 0. The summed E-state index contributed by atoms with van der Waals surface area (Å²) >= 11 is 0. The van der Waals surface area contributed by atoms with Crippen molar-refractivity contribution in [2.45, 2.75) is 25.4 Å². The van der Waals surface area contributed by atoms with Crippen LogP contribution in [0.3, 0.4) is 0 Å². The molecule has 0 spiro atoms. The highest BCUT2D eigenvalue weighted by molar-refractivity contribution is 14.0. The van der Waals surface area contributed by atoms with Crippen LogP contribution in [0.25, 0.3) is 0 Å². The molecule has 0 aromatic carbocycles. The molecule has 1 aliphatic rings. The van der Waals surface area contributed by atoms with Crippen molar-refractivity contribution in [1.82, 2.24) is 0 Å². The summed E-state index contributed by atoms with van der Waals surface area (Å²) in [7, 11) is 0. The molecule has 0 unspecified atom stereocenters. The Morgan fingerprint density at radius 2 is 2.08 bits per heavy atom. The van der Waals surface area contributed by atoms with Gasteiger partial charge in [-0.15, -0.1) is 24.0 Å². The zero-order valence-corrected chi connectivity index (χ0v) is 9.36.